The van der Waals surface area contributed by atoms with Crippen molar-refractivity contribution in [3.8, 4) is 11.5 Å². The smallest absolute Gasteiger partial charge is 0.161 e. The molecule has 1 N–H and O–H groups in total. The number of nitrogens with one attached hydrogen (secondary N) is 1. The highest BCUT2D eigenvalue weighted by atomic mass is 16.5. The van der Waals surface area contributed by atoms with Crippen molar-refractivity contribution in [1.82, 2.24) is 5.32 Å². The summed E-state index contributed by atoms with van der Waals surface area (Å²) in [5, 5.41) is 3.73. The SMILES string of the molecule is c1cc2c(cc1CNC1CCCCCCC1)OCCCO2. The first-order valence-corrected chi connectivity index (χ1v) is 8.54. The minimum atomic E-state index is 0.682. The largest absolute Gasteiger partial charge is 0.490 e. The van der Waals surface area contributed by atoms with Crippen LogP contribution in [-0.4, -0.2) is 19.3 Å². The van der Waals surface area contributed by atoms with Crippen molar-refractivity contribution in [2.75, 3.05) is 13.2 Å². The van der Waals surface area contributed by atoms with Gasteiger partial charge in [0.05, 0.1) is 13.2 Å². The topological polar surface area (TPSA) is 30.5 Å². The van der Waals surface area contributed by atoms with E-state index in [1.165, 1.54) is 50.5 Å². The molecule has 3 rings (SSSR count). The summed E-state index contributed by atoms with van der Waals surface area (Å²) in [6.07, 6.45) is 10.6. The van der Waals surface area contributed by atoms with Crippen LogP contribution in [0, 0.1) is 0 Å². The summed E-state index contributed by atoms with van der Waals surface area (Å²) in [5.41, 5.74) is 1.29. The number of ether oxygens (including phenoxy) is 2. The fourth-order valence-corrected chi connectivity index (χ4v) is 3.24. The van der Waals surface area contributed by atoms with Gasteiger partial charge >= 0.3 is 0 Å². The molecule has 1 saturated carbocycles. The van der Waals surface area contributed by atoms with E-state index >= 15 is 0 Å². The molecule has 1 fully saturated rings. The zero-order chi connectivity index (χ0) is 14.3. The summed E-state index contributed by atoms with van der Waals surface area (Å²) >= 11 is 0. The van der Waals surface area contributed by atoms with Gasteiger partial charge in [0.1, 0.15) is 0 Å². The third-order valence-electron chi connectivity index (χ3n) is 4.51. The molecule has 0 amide bonds. The standard InChI is InChI=1S/C18H27NO2/c1-2-4-7-16(8-5-3-1)19-14-15-9-10-17-18(13-15)21-12-6-11-20-17/h9-10,13,16,19H,1-8,11-12,14H2. The highest BCUT2D eigenvalue weighted by Gasteiger charge is 2.13. The van der Waals surface area contributed by atoms with Gasteiger partial charge in [-0.05, 0) is 30.5 Å². The molecule has 0 radical (unpaired) electrons. The molecule has 2 aliphatic rings. The highest BCUT2D eigenvalue weighted by molar-refractivity contribution is 5.43. The molecule has 116 valence electrons. The van der Waals surface area contributed by atoms with Crippen LogP contribution in [0.4, 0.5) is 0 Å². The van der Waals surface area contributed by atoms with Crippen molar-refractivity contribution < 1.29 is 9.47 Å². The van der Waals surface area contributed by atoms with Crippen LogP contribution in [0.15, 0.2) is 18.2 Å². The molecule has 21 heavy (non-hydrogen) atoms. The molecule has 0 unspecified atom stereocenters. The predicted molar refractivity (Wildman–Crippen MR) is 85.0 cm³/mol. The Kier molecular flexibility index (Phi) is 5.39. The van der Waals surface area contributed by atoms with Gasteiger partial charge in [0.25, 0.3) is 0 Å². The number of hydrogen-bond acceptors (Lipinski definition) is 3. The summed E-state index contributed by atoms with van der Waals surface area (Å²) in [4.78, 5) is 0. The van der Waals surface area contributed by atoms with Gasteiger partial charge in [-0.25, -0.2) is 0 Å². The Labute approximate surface area is 128 Å². The second-order valence-corrected chi connectivity index (χ2v) is 6.25. The first kappa shape index (κ1) is 14.7. The average molecular weight is 289 g/mol. The van der Waals surface area contributed by atoms with Crippen molar-refractivity contribution in [2.45, 2.75) is 64.0 Å². The third-order valence-corrected chi connectivity index (χ3v) is 4.51. The van der Waals surface area contributed by atoms with Crippen LogP contribution < -0.4 is 14.8 Å². The lowest BCUT2D eigenvalue weighted by atomic mass is 9.96. The Balaban J connectivity index is 1.55. The van der Waals surface area contributed by atoms with E-state index in [-0.39, 0.29) is 0 Å². The van der Waals surface area contributed by atoms with Crippen LogP contribution in [0.1, 0.15) is 56.9 Å². The quantitative estimate of drug-likeness (QED) is 0.910. The molecular weight excluding hydrogens is 262 g/mol. The van der Waals surface area contributed by atoms with Gasteiger partial charge in [-0.15, -0.1) is 0 Å². The molecule has 3 heteroatoms. The van der Waals surface area contributed by atoms with E-state index in [9.17, 15) is 0 Å². The van der Waals surface area contributed by atoms with Crippen molar-refractivity contribution >= 4 is 0 Å². The maximum absolute atomic E-state index is 5.76. The summed E-state index contributed by atoms with van der Waals surface area (Å²) in [7, 11) is 0. The fourth-order valence-electron chi connectivity index (χ4n) is 3.24. The molecule has 0 atom stereocenters. The molecule has 1 heterocycles. The van der Waals surface area contributed by atoms with Gasteiger partial charge in [0.2, 0.25) is 0 Å². The lowest BCUT2D eigenvalue weighted by Gasteiger charge is -2.21. The van der Waals surface area contributed by atoms with E-state index in [0.717, 1.165) is 37.7 Å². The van der Waals surface area contributed by atoms with Crippen molar-refractivity contribution in [3.05, 3.63) is 23.8 Å². The summed E-state index contributed by atoms with van der Waals surface area (Å²) in [6, 6.07) is 7.02. The molecule has 0 saturated heterocycles. The lowest BCUT2D eigenvalue weighted by molar-refractivity contribution is 0.297. The van der Waals surface area contributed by atoms with Gasteiger partial charge in [0.15, 0.2) is 11.5 Å². The van der Waals surface area contributed by atoms with Gasteiger partial charge in [-0.3, -0.25) is 0 Å². The van der Waals surface area contributed by atoms with Crippen LogP contribution in [-0.2, 0) is 6.54 Å². The average Bonchev–Trinajstić information content (AvgIpc) is 2.71. The van der Waals surface area contributed by atoms with Crippen LogP contribution in [0.25, 0.3) is 0 Å². The van der Waals surface area contributed by atoms with Crippen LogP contribution in [0.3, 0.4) is 0 Å². The molecule has 1 aromatic carbocycles. The Bertz CT molecular complexity index is 439. The minimum absolute atomic E-state index is 0.682. The van der Waals surface area contributed by atoms with Crippen LogP contribution in [0.5, 0.6) is 11.5 Å². The monoisotopic (exact) mass is 289 g/mol. The third kappa shape index (κ3) is 4.37. The van der Waals surface area contributed by atoms with Crippen molar-refractivity contribution in [3.63, 3.8) is 0 Å². The second-order valence-electron chi connectivity index (χ2n) is 6.25. The summed E-state index contributed by atoms with van der Waals surface area (Å²) in [5.74, 6) is 1.80. The van der Waals surface area contributed by atoms with E-state index in [4.69, 9.17) is 9.47 Å². The number of hydrogen-bond donors (Lipinski definition) is 1. The van der Waals surface area contributed by atoms with Crippen LogP contribution in [0.2, 0.25) is 0 Å². The normalized spacial score (nSPS) is 20.4. The molecule has 1 aliphatic carbocycles. The molecule has 1 aliphatic heterocycles. The number of rotatable bonds is 3. The molecule has 3 nitrogen and oxygen atoms in total. The van der Waals surface area contributed by atoms with E-state index in [1.54, 1.807) is 0 Å². The first-order valence-electron chi connectivity index (χ1n) is 8.54. The van der Waals surface area contributed by atoms with Crippen LogP contribution >= 0.6 is 0 Å². The Hall–Kier alpha value is -1.22. The van der Waals surface area contributed by atoms with Crippen molar-refractivity contribution in [1.29, 1.82) is 0 Å². The van der Waals surface area contributed by atoms with Gasteiger partial charge in [-0.2, -0.15) is 0 Å². The Morgan fingerprint density at radius 1 is 0.857 bits per heavy atom. The van der Waals surface area contributed by atoms with E-state index < -0.39 is 0 Å². The molecular formula is C18H27NO2. The van der Waals surface area contributed by atoms with E-state index in [2.05, 4.69) is 23.5 Å². The minimum Gasteiger partial charge on any atom is -0.490 e. The van der Waals surface area contributed by atoms with Gasteiger partial charge < -0.3 is 14.8 Å². The zero-order valence-corrected chi connectivity index (χ0v) is 12.9. The highest BCUT2D eigenvalue weighted by Crippen LogP contribution is 2.30. The molecule has 0 spiro atoms. The molecule has 0 aromatic heterocycles. The molecule has 1 aromatic rings. The maximum atomic E-state index is 5.76. The van der Waals surface area contributed by atoms with Gasteiger partial charge in [-0.1, -0.05) is 38.2 Å². The zero-order valence-electron chi connectivity index (χ0n) is 12.9. The summed E-state index contributed by atoms with van der Waals surface area (Å²) < 4.78 is 11.4. The maximum Gasteiger partial charge on any atom is 0.161 e. The number of benzene rings is 1. The fraction of sp³-hybridized carbons (Fsp3) is 0.667. The predicted octanol–water partition coefficient (Wildman–Crippen LogP) is 4.05. The second kappa shape index (κ2) is 7.69. The van der Waals surface area contributed by atoms with E-state index in [0.29, 0.717) is 6.04 Å². The number of fused-ring (bicyclic) bond motifs is 1. The molecule has 0 bridgehead atoms. The van der Waals surface area contributed by atoms with Crippen molar-refractivity contribution in [2.24, 2.45) is 0 Å². The Morgan fingerprint density at radius 3 is 2.38 bits per heavy atom. The van der Waals surface area contributed by atoms with E-state index in [1.807, 2.05) is 0 Å². The van der Waals surface area contributed by atoms with Gasteiger partial charge in [0, 0.05) is 19.0 Å². The first-order chi connectivity index (χ1) is 10.4. The summed E-state index contributed by atoms with van der Waals surface area (Å²) in [6.45, 7) is 2.44. The Morgan fingerprint density at radius 2 is 1.57 bits per heavy atom. The lowest BCUT2D eigenvalue weighted by Crippen LogP contribution is -2.29.